The smallest absolute Gasteiger partial charge is 0.0728 e. The molecule has 1 aliphatic rings. The van der Waals surface area contributed by atoms with Crippen molar-refractivity contribution in [2.45, 2.75) is 39.3 Å². The van der Waals surface area contributed by atoms with E-state index in [2.05, 4.69) is 24.3 Å². The van der Waals surface area contributed by atoms with Crippen LogP contribution in [-0.2, 0) is 11.3 Å². The zero-order valence-corrected chi connectivity index (χ0v) is 10.4. The molecule has 0 saturated heterocycles. The zero-order chi connectivity index (χ0) is 11.6. The average molecular weight is 223 g/mol. The predicted octanol–water partition coefficient (Wildman–Crippen LogP) is 2.13. The quantitative estimate of drug-likeness (QED) is 0.803. The van der Waals surface area contributed by atoms with Gasteiger partial charge < -0.3 is 10.1 Å². The minimum Gasteiger partial charge on any atom is -0.383 e. The summed E-state index contributed by atoms with van der Waals surface area (Å²) in [7, 11) is 1.71. The van der Waals surface area contributed by atoms with Gasteiger partial charge in [0.2, 0.25) is 0 Å². The number of rotatable bonds is 6. The van der Waals surface area contributed by atoms with Gasteiger partial charge in [0.05, 0.1) is 25.0 Å². The highest BCUT2D eigenvalue weighted by Crippen LogP contribution is 2.48. The van der Waals surface area contributed by atoms with E-state index in [9.17, 15) is 0 Å². The van der Waals surface area contributed by atoms with E-state index in [1.165, 1.54) is 12.8 Å². The van der Waals surface area contributed by atoms with Crippen LogP contribution in [0.25, 0.3) is 0 Å². The summed E-state index contributed by atoms with van der Waals surface area (Å²) in [5.74, 6) is 0. The third kappa shape index (κ3) is 2.55. The van der Waals surface area contributed by atoms with Crippen LogP contribution in [0.3, 0.4) is 0 Å². The molecule has 4 heteroatoms. The van der Waals surface area contributed by atoms with Crippen molar-refractivity contribution in [1.82, 2.24) is 9.78 Å². The number of ether oxygens (including phenoxy) is 1. The Hall–Kier alpha value is -1.03. The molecule has 1 aromatic heterocycles. The molecule has 1 unspecified atom stereocenters. The monoisotopic (exact) mass is 223 g/mol. The van der Waals surface area contributed by atoms with Gasteiger partial charge in [-0.1, -0.05) is 6.92 Å². The molecular formula is C12H21N3O. The molecule has 2 rings (SSSR count). The molecule has 0 radical (unpaired) electrons. The molecule has 1 atom stereocenters. The molecule has 1 heterocycles. The van der Waals surface area contributed by atoms with Crippen molar-refractivity contribution in [2.24, 2.45) is 5.41 Å². The minimum atomic E-state index is 0.495. The second kappa shape index (κ2) is 4.45. The van der Waals surface area contributed by atoms with E-state index in [0.29, 0.717) is 18.1 Å². The highest BCUT2D eigenvalue weighted by atomic mass is 16.5. The third-order valence-corrected chi connectivity index (χ3v) is 3.62. The summed E-state index contributed by atoms with van der Waals surface area (Å²) in [6.07, 6.45) is 6.59. The fourth-order valence-corrected chi connectivity index (χ4v) is 1.80. The highest BCUT2D eigenvalue weighted by Gasteiger charge is 2.42. The number of methoxy groups -OCH3 is 1. The lowest BCUT2D eigenvalue weighted by Gasteiger charge is -2.20. The first kappa shape index (κ1) is 11.5. The predicted molar refractivity (Wildman–Crippen MR) is 64.5 cm³/mol. The summed E-state index contributed by atoms with van der Waals surface area (Å²) >= 11 is 0. The fraction of sp³-hybridized carbons (Fsp3) is 0.750. The number of hydrogen-bond donors (Lipinski definition) is 1. The minimum absolute atomic E-state index is 0.495. The van der Waals surface area contributed by atoms with Crippen LogP contribution >= 0.6 is 0 Å². The summed E-state index contributed by atoms with van der Waals surface area (Å²) < 4.78 is 6.93. The van der Waals surface area contributed by atoms with Crippen LogP contribution in [0.2, 0.25) is 0 Å². The number of nitrogens with zero attached hydrogens (tertiary/aromatic N) is 2. The van der Waals surface area contributed by atoms with Crippen molar-refractivity contribution in [2.75, 3.05) is 19.0 Å². The summed E-state index contributed by atoms with van der Waals surface area (Å²) in [5.41, 5.74) is 1.60. The fourth-order valence-electron chi connectivity index (χ4n) is 1.80. The molecule has 1 saturated carbocycles. The maximum atomic E-state index is 5.02. The summed E-state index contributed by atoms with van der Waals surface area (Å²) in [5, 5.41) is 7.80. The first-order valence-electron chi connectivity index (χ1n) is 5.92. The Morgan fingerprint density at radius 2 is 2.38 bits per heavy atom. The molecule has 16 heavy (non-hydrogen) atoms. The topological polar surface area (TPSA) is 39.1 Å². The Labute approximate surface area is 97.0 Å². The number of hydrogen-bond acceptors (Lipinski definition) is 3. The van der Waals surface area contributed by atoms with Crippen LogP contribution in [-0.4, -0.2) is 29.5 Å². The zero-order valence-electron chi connectivity index (χ0n) is 10.4. The van der Waals surface area contributed by atoms with Crippen LogP contribution in [0.1, 0.15) is 26.7 Å². The van der Waals surface area contributed by atoms with Gasteiger partial charge in [0.15, 0.2) is 0 Å². The second-order valence-corrected chi connectivity index (χ2v) is 5.00. The van der Waals surface area contributed by atoms with Crippen LogP contribution < -0.4 is 5.32 Å². The molecule has 1 aliphatic carbocycles. The Kier molecular flexibility index (Phi) is 3.19. The van der Waals surface area contributed by atoms with Crippen molar-refractivity contribution < 1.29 is 4.74 Å². The molecule has 0 amide bonds. The van der Waals surface area contributed by atoms with Gasteiger partial charge in [-0.3, -0.25) is 4.68 Å². The first-order valence-corrected chi connectivity index (χ1v) is 5.92. The van der Waals surface area contributed by atoms with Crippen LogP contribution in [0.5, 0.6) is 0 Å². The maximum Gasteiger partial charge on any atom is 0.0728 e. The van der Waals surface area contributed by atoms with E-state index in [1.54, 1.807) is 7.11 Å². The number of anilines is 1. The van der Waals surface area contributed by atoms with Gasteiger partial charge >= 0.3 is 0 Å². The second-order valence-electron chi connectivity index (χ2n) is 5.00. The maximum absolute atomic E-state index is 5.02. The lowest BCUT2D eigenvalue weighted by atomic mass is 10.0. The molecule has 90 valence electrons. The van der Waals surface area contributed by atoms with Crippen molar-refractivity contribution in [3.8, 4) is 0 Å². The van der Waals surface area contributed by atoms with E-state index in [1.807, 2.05) is 17.1 Å². The van der Waals surface area contributed by atoms with E-state index >= 15 is 0 Å². The Bertz CT molecular complexity index is 344. The molecule has 0 aromatic carbocycles. The third-order valence-electron chi connectivity index (χ3n) is 3.62. The van der Waals surface area contributed by atoms with Crippen LogP contribution in [0, 0.1) is 5.41 Å². The molecule has 0 aliphatic heterocycles. The lowest BCUT2D eigenvalue weighted by Crippen LogP contribution is -2.24. The lowest BCUT2D eigenvalue weighted by molar-refractivity contribution is 0.183. The molecular weight excluding hydrogens is 202 g/mol. The largest absolute Gasteiger partial charge is 0.383 e. The molecule has 1 fully saturated rings. The first-order chi connectivity index (χ1) is 7.64. The van der Waals surface area contributed by atoms with Crippen molar-refractivity contribution >= 4 is 5.69 Å². The van der Waals surface area contributed by atoms with E-state index in [-0.39, 0.29) is 0 Å². The number of nitrogens with one attached hydrogen (secondary N) is 1. The van der Waals surface area contributed by atoms with Gasteiger partial charge in [-0.2, -0.15) is 5.10 Å². The van der Waals surface area contributed by atoms with E-state index in [4.69, 9.17) is 4.74 Å². The summed E-state index contributed by atoms with van der Waals surface area (Å²) in [4.78, 5) is 0. The SMILES string of the molecule is COCCn1cc(NC(C)C2(C)CC2)cn1. The molecule has 1 N–H and O–H groups in total. The highest BCUT2D eigenvalue weighted by molar-refractivity contribution is 5.40. The normalized spacial score (nSPS) is 19.4. The average Bonchev–Trinajstić information content (AvgIpc) is 2.87. The van der Waals surface area contributed by atoms with Gasteiger partial charge in [0, 0.05) is 19.3 Å². The van der Waals surface area contributed by atoms with Gasteiger partial charge in [-0.25, -0.2) is 0 Å². The number of aromatic nitrogens is 2. The van der Waals surface area contributed by atoms with E-state index in [0.717, 1.165) is 12.2 Å². The summed E-state index contributed by atoms with van der Waals surface area (Å²) in [6.45, 7) is 6.09. The summed E-state index contributed by atoms with van der Waals surface area (Å²) in [6, 6.07) is 0.521. The Morgan fingerprint density at radius 3 is 3.00 bits per heavy atom. The van der Waals surface area contributed by atoms with Gasteiger partial charge in [0.1, 0.15) is 0 Å². The Morgan fingerprint density at radius 1 is 1.62 bits per heavy atom. The molecule has 4 nitrogen and oxygen atoms in total. The standard InChI is InChI=1S/C12H21N3O/c1-10(12(2)4-5-12)14-11-8-13-15(9-11)6-7-16-3/h8-10,14H,4-7H2,1-3H3. The van der Waals surface area contributed by atoms with E-state index < -0.39 is 0 Å². The van der Waals surface area contributed by atoms with Crippen LogP contribution in [0.15, 0.2) is 12.4 Å². The Balaban J connectivity index is 1.87. The molecule has 1 aromatic rings. The molecule has 0 spiro atoms. The van der Waals surface area contributed by atoms with Crippen molar-refractivity contribution in [1.29, 1.82) is 0 Å². The van der Waals surface area contributed by atoms with Crippen molar-refractivity contribution in [3.63, 3.8) is 0 Å². The van der Waals surface area contributed by atoms with Crippen molar-refractivity contribution in [3.05, 3.63) is 12.4 Å². The van der Waals surface area contributed by atoms with Gasteiger partial charge in [-0.05, 0) is 25.2 Å². The van der Waals surface area contributed by atoms with Gasteiger partial charge in [0.25, 0.3) is 0 Å². The molecule has 0 bridgehead atoms. The van der Waals surface area contributed by atoms with Crippen LogP contribution in [0.4, 0.5) is 5.69 Å². The van der Waals surface area contributed by atoms with Gasteiger partial charge in [-0.15, -0.1) is 0 Å².